The van der Waals surface area contributed by atoms with E-state index < -0.39 is 28.0 Å². The maximum absolute atomic E-state index is 13.5. The van der Waals surface area contributed by atoms with Gasteiger partial charge in [-0.05, 0) is 60.6 Å². The Balaban J connectivity index is 1.63. The topological polar surface area (TPSA) is 72.9 Å². The van der Waals surface area contributed by atoms with Gasteiger partial charge >= 0.3 is 6.18 Å². The summed E-state index contributed by atoms with van der Waals surface area (Å²) in [5.74, 6) is -0.692. The van der Waals surface area contributed by atoms with Crippen LogP contribution in [0.15, 0.2) is 41.3 Å². The van der Waals surface area contributed by atoms with E-state index in [9.17, 15) is 26.4 Å². The lowest BCUT2D eigenvalue weighted by molar-refractivity contribution is -0.189. The highest BCUT2D eigenvalue weighted by molar-refractivity contribution is 7.91. The smallest absolute Gasteiger partial charge is 0.425 e. The number of ether oxygens (including phenoxy) is 2. The lowest BCUT2D eigenvalue weighted by Crippen LogP contribution is -2.32. The van der Waals surface area contributed by atoms with Crippen LogP contribution in [-0.2, 0) is 27.7 Å². The Hall–Kier alpha value is -2.59. The van der Waals surface area contributed by atoms with Crippen molar-refractivity contribution in [3.8, 4) is 5.75 Å². The van der Waals surface area contributed by atoms with Gasteiger partial charge in [-0.25, -0.2) is 8.42 Å². The van der Waals surface area contributed by atoms with Crippen LogP contribution in [0.4, 0.5) is 13.2 Å². The van der Waals surface area contributed by atoms with Crippen molar-refractivity contribution in [1.29, 1.82) is 0 Å². The van der Waals surface area contributed by atoms with Crippen molar-refractivity contribution in [2.45, 2.75) is 62.9 Å². The zero-order chi connectivity index (χ0) is 25.4. The minimum Gasteiger partial charge on any atom is -0.480 e. The highest BCUT2D eigenvalue weighted by atomic mass is 32.2. The first-order chi connectivity index (χ1) is 16.5. The quantitative estimate of drug-likeness (QED) is 0.554. The number of hydrogen-bond acceptors (Lipinski definition) is 5. The molecule has 2 heterocycles. The lowest BCUT2D eigenvalue weighted by atomic mass is 9.90. The average Bonchev–Trinajstić information content (AvgIpc) is 3.27. The van der Waals surface area contributed by atoms with Gasteiger partial charge in [-0.15, -0.1) is 0 Å². The highest BCUT2D eigenvalue weighted by Crippen LogP contribution is 2.34. The molecular weight excluding hydrogens is 483 g/mol. The van der Waals surface area contributed by atoms with Gasteiger partial charge in [-0.1, -0.05) is 25.1 Å². The molecule has 0 saturated carbocycles. The maximum Gasteiger partial charge on any atom is 0.425 e. The Bertz CT molecular complexity index is 1210. The summed E-state index contributed by atoms with van der Waals surface area (Å²) >= 11 is 0. The second-order valence-corrected chi connectivity index (χ2v) is 11.2. The summed E-state index contributed by atoms with van der Waals surface area (Å²) in [7, 11) is -3.68. The fraction of sp³-hybridized carbons (Fsp3) is 0.480. The third-order valence-corrected chi connectivity index (χ3v) is 8.35. The zero-order valence-corrected chi connectivity index (χ0v) is 20.4. The Morgan fingerprint density at radius 1 is 1.11 bits per heavy atom. The van der Waals surface area contributed by atoms with Gasteiger partial charge in [0.05, 0.1) is 16.2 Å². The molecule has 6 nitrogen and oxygen atoms in total. The minimum atomic E-state index is -4.64. The van der Waals surface area contributed by atoms with Crippen LogP contribution in [-0.4, -0.2) is 50.5 Å². The average molecular weight is 512 g/mol. The second kappa shape index (κ2) is 9.81. The van der Waals surface area contributed by atoms with Gasteiger partial charge in [0, 0.05) is 26.3 Å². The van der Waals surface area contributed by atoms with E-state index >= 15 is 0 Å². The van der Waals surface area contributed by atoms with Crippen LogP contribution in [0.2, 0.25) is 0 Å². The SMILES string of the molecule is CCS(=O)(=O)c1ccc(OC(C)C(F)(F)F)c(C(=O)N2Cc3ccc(C4CCOCC4)cc3C2)c1. The summed E-state index contributed by atoms with van der Waals surface area (Å²) in [6.07, 6.45) is -4.95. The normalized spacial score (nSPS) is 17.8. The molecule has 0 aliphatic carbocycles. The third-order valence-electron chi connectivity index (χ3n) is 6.62. The molecule has 1 unspecified atom stereocenters. The Morgan fingerprint density at radius 2 is 1.80 bits per heavy atom. The van der Waals surface area contributed by atoms with Crippen molar-refractivity contribution >= 4 is 15.7 Å². The van der Waals surface area contributed by atoms with E-state index in [2.05, 4.69) is 12.1 Å². The van der Waals surface area contributed by atoms with Gasteiger partial charge in [0.15, 0.2) is 15.9 Å². The van der Waals surface area contributed by atoms with Gasteiger partial charge in [0.1, 0.15) is 5.75 Å². The Labute approximate surface area is 202 Å². The van der Waals surface area contributed by atoms with Crippen LogP contribution >= 0.6 is 0 Å². The predicted molar refractivity (Wildman–Crippen MR) is 123 cm³/mol. The molecule has 190 valence electrons. The van der Waals surface area contributed by atoms with Crippen LogP contribution in [0.25, 0.3) is 0 Å². The first-order valence-corrected chi connectivity index (χ1v) is 13.2. The van der Waals surface area contributed by atoms with Crippen molar-refractivity contribution < 1.29 is 35.9 Å². The van der Waals surface area contributed by atoms with Crippen molar-refractivity contribution in [2.75, 3.05) is 19.0 Å². The summed E-state index contributed by atoms with van der Waals surface area (Å²) < 4.78 is 74.7. The maximum atomic E-state index is 13.5. The molecule has 0 bridgehead atoms. The monoisotopic (exact) mass is 511 g/mol. The number of amides is 1. The minimum absolute atomic E-state index is 0.131. The summed E-state index contributed by atoms with van der Waals surface area (Å²) in [4.78, 5) is 14.8. The Kier molecular flexibility index (Phi) is 7.15. The van der Waals surface area contributed by atoms with Gasteiger partial charge in [-0.2, -0.15) is 13.2 Å². The van der Waals surface area contributed by atoms with E-state index in [0.29, 0.717) is 19.1 Å². The molecule has 1 atom stereocenters. The van der Waals surface area contributed by atoms with Gasteiger partial charge in [0.25, 0.3) is 5.91 Å². The molecule has 0 radical (unpaired) electrons. The van der Waals surface area contributed by atoms with E-state index in [-0.39, 0.29) is 35.1 Å². The summed E-state index contributed by atoms with van der Waals surface area (Å²) in [6.45, 7) is 4.28. The number of sulfone groups is 1. The molecule has 0 spiro atoms. The number of benzene rings is 2. The molecule has 2 aromatic carbocycles. The van der Waals surface area contributed by atoms with Crippen LogP contribution in [0.3, 0.4) is 0 Å². The fourth-order valence-corrected chi connectivity index (χ4v) is 5.32. The molecule has 0 aromatic heterocycles. The van der Waals surface area contributed by atoms with Crippen molar-refractivity contribution in [1.82, 2.24) is 4.90 Å². The standard InChI is InChI=1S/C25H28F3NO5S/c1-3-35(31,32)21-6-7-23(34-16(2)25(26,27)28)22(13-21)24(30)29-14-19-5-4-18(12-20(19)15-29)17-8-10-33-11-9-17/h4-7,12-13,16-17H,3,8-11,14-15H2,1-2H3. The summed E-state index contributed by atoms with van der Waals surface area (Å²) in [5, 5.41) is 0. The van der Waals surface area contributed by atoms with E-state index in [0.717, 1.165) is 43.0 Å². The molecule has 1 fully saturated rings. The first kappa shape index (κ1) is 25.5. The highest BCUT2D eigenvalue weighted by Gasteiger charge is 2.39. The van der Waals surface area contributed by atoms with Crippen LogP contribution in [0.1, 0.15) is 59.7 Å². The number of rotatable bonds is 6. The number of fused-ring (bicyclic) bond motifs is 1. The molecule has 10 heteroatoms. The number of nitrogens with zero attached hydrogens (tertiary/aromatic N) is 1. The van der Waals surface area contributed by atoms with Gasteiger partial charge in [-0.3, -0.25) is 4.79 Å². The van der Waals surface area contributed by atoms with Gasteiger partial charge in [0.2, 0.25) is 0 Å². The largest absolute Gasteiger partial charge is 0.480 e. The molecule has 1 amide bonds. The Morgan fingerprint density at radius 3 is 2.46 bits per heavy atom. The number of alkyl halides is 3. The molecule has 2 aromatic rings. The predicted octanol–water partition coefficient (Wildman–Crippen LogP) is 4.86. The van der Waals surface area contributed by atoms with Crippen LogP contribution < -0.4 is 4.74 Å². The second-order valence-electron chi connectivity index (χ2n) is 8.94. The first-order valence-electron chi connectivity index (χ1n) is 11.6. The molecule has 0 N–H and O–H groups in total. The van der Waals surface area contributed by atoms with Gasteiger partial charge < -0.3 is 14.4 Å². The molecule has 1 saturated heterocycles. The number of carbonyl (C=O) groups is 1. The summed E-state index contributed by atoms with van der Waals surface area (Å²) in [5.41, 5.74) is 2.91. The van der Waals surface area contributed by atoms with Crippen molar-refractivity contribution in [3.05, 3.63) is 58.7 Å². The molecular formula is C25H28F3NO5S. The third kappa shape index (κ3) is 5.48. The number of halogens is 3. The molecule has 35 heavy (non-hydrogen) atoms. The van der Waals surface area contributed by atoms with E-state index in [1.165, 1.54) is 23.5 Å². The van der Waals surface area contributed by atoms with E-state index in [4.69, 9.17) is 9.47 Å². The molecule has 2 aliphatic rings. The number of hydrogen-bond donors (Lipinski definition) is 0. The van der Waals surface area contributed by atoms with Crippen LogP contribution in [0, 0.1) is 0 Å². The van der Waals surface area contributed by atoms with Crippen molar-refractivity contribution in [3.63, 3.8) is 0 Å². The van der Waals surface area contributed by atoms with Crippen molar-refractivity contribution in [2.24, 2.45) is 0 Å². The van der Waals surface area contributed by atoms with Crippen LogP contribution in [0.5, 0.6) is 5.75 Å². The van der Waals surface area contributed by atoms with E-state index in [1.807, 2.05) is 6.07 Å². The summed E-state index contributed by atoms with van der Waals surface area (Å²) in [6, 6.07) is 9.54. The molecule has 2 aliphatic heterocycles. The zero-order valence-electron chi connectivity index (χ0n) is 19.6. The fourth-order valence-electron chi connectivity index (χ4n) is 4.41. The molecule has 4 rings (SSSR count). The number of carbonyl (C=O) groups excluding carboxylic acids is 1. The van der Waals surface area contributed by atoms with E-state index in [1.54, 1.807) is 0 Å². The lowest BCUT2D eigenvalue weighted by Gasteiger charge is -2.23.